The van der Waals surface area contributed by atoms with Crippen molar-refractivity contribution >= 4 is 23.3 Å². The Hall–Kier alpha value is -2.83. The molecule has 3 N–H and O–H groups in total. The monoisotopic (exact) mass is 315 g/mol. The maximum absolute atomic E-state index is 12.2. The summed E-state index contributed by atoms with van der Waals surface area (Å²) in [4.78, 5) is 23.6. The van der Waals surface area contributed by atoms with Gasteiger partial charge in [-0.15, -0.1) is 0 Å². The van der Waals surface area contributed by atoms with Gasteiger partial charge in [0, 0.05) is 36.7 Å². The first-order valence-corrected chi connectivity index (χ1v) is 7.28. The summed E-state index contributed by atoms with van der Waals surface area (Å²) in [5.74, 6) is -0.124. The Kier molecular flexibility index (Phi) is 5.00. The van der Waals surface area contributed by atoms with Crippen molar-refractivity contribution < 1.29 is 9.59 Å². The minimum absolute atomic E-state index is 0.124. The Morgan fingerprint density at radius 1 is 1.17 bits per heavy atom. The van der Waals surface area contributed by atoms with Gasteiger partial charge in [-0.1, -0.05) is 6.07 Å². The first-order chi connectivity index (χ1) is 10.9. The fourth-order valence-electron chi connectivity index (χ4n) is 2.31. The molecule has 0 aliphatic heterocycles. The molecule has 2 rings (SSSR count). The number of rotatable bonds is 4. The molecule has 0 radical (unpaired) electrons. The third-order valence-electron chi connectivity index (χ3n) is 3.63. The standard InChI is InChI=1S/C16H21N5O2/c1-10-14(11(2)21(4)20-10)9-15(22)18-12-6-5-7-13(8-12)19-16(23)17-3/h5-8H,9H2,1-4H3,(H,18,22)(H2,17,19,23). The zero-order valence-corrected chi connectivity index (χ0v) is 13.7. The quantitative estimate of drug-likeness (QED) is 0.806. The van der Waals surface area contributed by atoms with E-state index >= 15 is 0 Å². The largest absolute Gasteiger partial charge is 0.341 e. The minimum atomic E-state index is -0.310. The van der Waals surface area contributed by atoms with Crippen molar-refractivity contribution in [3.8, 4) is 0 Å². The summed E-state index contributed by atoms with van der Waals surface area (Å²) in [5.41, 5.74) is 4.01. The van der Waals surface area contributed by atoms with E-state index < -0.39 is 0 Å². The molecule has 0 aliphatic rings. The zero-order chi connectivity index (χ0) is 17.0. The maximum atomic E-state index is 12.2. The molecular formula is C16H21N5O2. The average Bonchev–Trinajstić information content (AvgIpc) is 2.74. The second kappa shape index (κ2) is 6.95. The van der Waals surface area contributed by atoms with E-state index in [0.717, 1.165) is 17.0 Å². The number of nitrogens with one attached hydrogen (secondary N) is 3. The molecule has 0 aliphatic carbocycles. The molecule has 1 heterocycles. The van der Waals surface area contributed by atoms with Crippen LogP contribution in [-0.2, 0) is 18.3 Å². The Bertz CT molecular complexity index is 736. The second-order valence-electron chi connectivity index (χ2n) is 5.28. The number of carbonyl (C=O) groups excluding carboxylic acids is 2. The van der Waals surface area contributed by atoms with Crippen LogP contribution in [-0.4, -0.2) is 28.8 Å². The summed E-state index contributed by atoms with van der Waals surface area (Å²) >= 11 is 0. The Morgan fingerprint density at radius 3 is 2.39 bits per heavy atom. The number of urea groups is 1. The highest BCUT2D eigenvalue weighted by Gasteiger charge is 2.13. The fraction of sp³-hybridized carbons (Fsp3) is 0.312. The molecule has 2 aromatic rings. The molecule has 122 valence electrons. The predicted molar refractivity (Wildman–Crippen MR) is 89.5 cm³/mol. The van der Waals surface area contributed by atoms with E-state index in [4.69, 9.17) is 0 Å². The molecule has 0 saturated heterocycles. The first kappa shape index (κ1) is 16.5. The lowest BCUT2D eigenvalue weighted by molar-refractivity contribution is -0.115. The Balaban J connectivity index is 2.05. The zero-order valence-electron chi connectivity index (χ0n) is 13.7. The van der Waals surface area contributed by atoms with Gasteiger partial charge in [0.1, 0.15) is 0 Å². The number of nitrogens with zero attached hydrogens (tertiary/aromatic N) is 2. The molecule has 1 aromatic carbocycles. The van der Waals surface area contributed by atoms with Crippen molar-refractivity contribution in [2.75, 3.05) is 17.7 Å². The normalized spacial score (nSPS) is 10.3. The third kappa shape index (κ3) is 4.09. The van der Waals surface area contributed by atoms with Crippen LogP contribution < -0.4 is 16.0 Å². The van der Waals surface area contributed by atoms with Crippen LogP contribution in [0.1, 0.15) is 17.0 Å². The number of amides is 3. The number of hydrogen-bond donors (Lipinski definition) is 3. The van der Waals surface area contributed by atoms with Gasteiger partial charge in [-0.25, -0.2) is 4.79 Å². The molecule has 0 unspecified atom stereocenters. The molecule has 0 bridgehead atoms. The molecule has 0 atom stereocenters. The highest BCUT2D eigenvalue weighted by molar-refractivity contribution is 5.94. The van der Waals surface area contributed by atoms with Gasteiger partial charge >= 0.3 is 6.03 Å². The van der Waals surface area contributed by atoms with Crippen LogP contribution in [0.25, 0.3) is 0 Å². The summed E-state index contributed by atoms with van der Waals surface area (Å²) in [6.07, 6.45) is 0.263. The van der Waals surface area contributed by atoms with Gasteiger partial charge in [-0.3, -0.25) is 9.48 Å². The second-order valence-corrected chi connectivity index (χ2v) is 5.28. The van der Waals surface area contributed by atoms with Crippen LogP contribution in [0, 0.1) is 13.8 Å². The molecule has 7 nitrogen and oxygen atoms in total. The van der Waals surface area contributed by atoms with Gasteiger partial charge in [0.15, 0.2) is 0 Å². The van der Waals surface area contributed by atoms with E-state index in [9.17, 15) is 9.59 Å². The van der Waals surface area contributed by atoms with Crippen LogP contribution >= 0.6 is 0 Å². The summed E-state index contributed by atoms with van der Waals surface area (Å²) in [6.45, 7) is 3.83. The number of anilines is 2. The van der Waals surface area contributed by atoms with Gasteiger partial charge in [0.2, 0.25) is 5.91 Å². The van der Waals surface area contributed by atoms with E-state index in [0.29, 0.717) is 11.4 Å². The SMILES string of the molecule is CNC(=O)Nc1cccc(NC(=O)Cc2c(C)nn(C)c2C)c1. The molecule has 1 aromatic heterocycles. The smallest absolute Gasteiger partial charge is 0.318 e. The minimum Gasteiger partial charge on any atom is -0.341 e. The molecular weight excluding hydrogens is 294 g/mol. The van der Waals surface area contributed by atoms with Crippen molar-refractivity contribution in [3.63, 3.8) is 0 Å². The summed E-state index contributed by atoms with van der Waals surface area (Å²) in [5, 5.41) is 12.3. The summed E-state index contributed by atoms with van der Waals surface area (Å²) in [6, 6.07) is 6.68. The highest BCUT2D eigenvalue weighted by Crippen LogP contribution is 2.17. The number of hydrogen-bond acceptors (Lipinski definition) is 3. The lowest BCUT2D eigenvalue weighted by Gasteiger charge is -2.09. The van der Waals surface area contributed by atoms with Crippen LogP contribution in [0.4, 0.5) is 16.2 Å². The van der Waals surface area contributed by atoms with E-state index in [1.54, 1.807) is 36.0 Å². The Morgan fingerprint density at radius 2 is 1.83 bits per heavy atom. The average molecular weight is 315 g/mol. The van der Waals surface area contributed by atoms with Crippen molar-refractivity contribution in [2.45, 2.75) is 20.3 Å². The van der Waals surface area contributed by atoms with Crippen LogP contribution in [0.15, 0.2) is 24.3 Å². The number of benzene rings is 1. The molecule has 3 amide bonds. The number of aromatic nitrogens is 2. The predicted octanol–water partition coefficient (Wildman–Crippen LogP) is 1.97. The fourth-order valence-corrected chi connectivity index (χ4v) is 2.31. The summed E-state index contributed by atoms with van der Waals surface area (Å²) in [7, 11) is 3.40. The number of aryl methyl sites for hydroxylation is 2. The molecule has 0 fully saturated rings. The van der Waals surface area contributed by atoms with Crippen LogP contribution in [0.3, 0.4) is 0 Å². The third-order valence-corrected chi connectivity index (χ3v) is 3.63. The van der Waals surface area contributed by atoms with Crippen LogP contribution in [0.5, 0.6) is 0 Å². The van der Waals surface area contributed by atoms with Gasteiger partial charge < -0.3 is 16.0 Å². The topological polar surface area (TPSA) is 88.1 Å². The van der Waals surface area contributed by atoms with Gasteiger partial charge in [-0.2, -0.15) is 5.10 Å². The lowest BCUT2D eigenvalue weighted by Crippen LogP contribution is -2.24. The Labute approximate surface area is 135 Å². The molecule has 7 heteroatoms. The number of carbonyl (C=O) groups is 2. The van der Waals surface area contributed by atoms with E-state index in [1.807, 2.05) is 20.9 Å². The van der Waals surface area contributed by atoms with Crippen molar-refractivity contribution in [3.05, 3.63) is 41.2 Å². The first-order valence-electron chi connectivity index (χ1n) is 7.28. The molecule has 23 heavy (non-hydrogen) atoms. The lowest BCUT2D eigenvalue weighted by atomic mass is 10.1. The van der Waals surface area contributed by atoms with Gasteiger partial charge in [0.25, 0.3) is 0 Å². The summed E-state index contributed by atoms with van der Waals surface area (Å²) < 4.78 is 1.77. The van der Waals surface area contributed by atoms with Crippen molar-refractivity contribution in [1.82, 2.24) is 15.1 Å². The van der Waals surface area contributed by atoms with Gasteiger partial charge in [-0.05, 0) is 32.0 Å². The van der Waals surface area contributed by atoms with Crippen molar-refractivity contribution in [1.29, 1.82) is 0 Å². The highest BCUT2D eigenvalue weighted by atomic mass is 16.2. The van der Waals surface area contributed by atoms with E-state index in [1.165, 1.54) is 0 Å². The van der Waals surface area contributed by atoms with Gasteiger partial charge in [0.05, 0.1) is 12.1 Å². The van der Waals surface area contributed by atoms with E-state index in [-0.39, 0.29) is 18.4 Å². The maximum Gasteiger partial charge on any atom is 0.318 e. The molecule has 0 spiro atoms. The van der Waals surface area contributed by atoms with Crippen LogP contribution in [0.2, 0.25) is 0 Å². The van der Waals surface area contributed by atoms with E-state index in [2.05, 4.69) is 21.0 Å². The molecule has 0 saturated carbocycles. The van der Waals surface area contributed by atoms with Crippen molar-refractivity contribution in [2.24, 2.45) is 7.05 Å².